The summed E-state index contributed by atoms with van der Waals surface area (Å²) >= 11 is 3.47. The molecular formula is C26H26BrN5O3. The third-order valence-corrected chi connectivity index (χ3v) is 7.19. The van der Waals surface area contributed by atoms with E-state index in [1.807, 2.05) is 49.4 Å². The number of carbonyl (C=O) groups is 1. The molecule has 0 aliphatic carbocycles. The summed E-state index contributed by atoms with van der Waals surface area (Å²) in [7, 11) is 0. The van der Waals surface area contributed by atoms with Crippen LogP contribution in [0.4, 0.5) is 0 Å². The van der Waals surface area contributed by atoms with Crippen molar-refractivity contribution in [3.05, 3.63) is 86.5 Å². The number of likely N-dealkylation sites (tertiary alicyclic amines) is 1. The first-order valence-electron chi connectivity index (χ1n) is 11.6. The van der Waals surface area contributed by atoms with E-state index in [4.69, 9.17) is 0 Å². The number of aryl methyl sites for hydroxylation is 1. The second kappa shape index (κ2) is 9.39. The number of hydrogen-bond acceptors (Lipinski definition) is 5. The molecule has 1 unspecified atom stereocenters. The van der Waals surface area contributed by atoms with Gasteiger partial charge in [-0.1, -0.05) is 39.3 Å². The predicted octanol–water partition coefficient (Wildman–Crippen LogP) is 3.62. The van der Waals surface area contributed by atoms with Crippen molar-refractivity contribution in [2.45, 2.75) is 38.2 Å². The number of rotatable bonds is 4. The van der Waals surface area contributed by atoms with Crippen LogP contribution < -0.4 is 5.56 Å². The van der Waals surface area contributed by atoms with E-state index in [9.17, 15) is 14.7 Å². The van der Waals surface area contributed by atoms with Gasteiger partial charge in [0.15, 0.2) is 0 Å². The Kier molecular flexibility index (Phi) is 6.29. The van der Waals surface area contributed by atoms with Crippen LogP contribution in [-0.2, 0) is 16.8 Å². The van der Waals surface area contributed by atoms with Crippen molar-refractivity contribution < 1.29 is 9.90 Å². The topological polar surface area (TPSA) is 104 Å². The molecule has 1 saturated heterocycles. The molecule has 35 heavy (non-hydrogen) atoms. The van der Waals surface area contributed by atoms with Gasteiger partial charge < -0.3 is 15.0 Å². The number of nitrogens with zero attached hydrogens (tertiary/aromatic N) is 4. The highest BCUT2D eigenvalue weighted by atomic mass is 79.9. The number of halogens is 1. The van der Waals surface area contributed by atoms with Gasteiger partial charge in [0.1, 0.15) is 11.3 Å². The van der Waals surface area contributed by atoms with Gasteiger partial charge in [-0.25, -0.2) is 4.68 Å². The van der Waals surface area contributed by atoms with E-state index < -0.39 is 5.60 Å². The van der Waals surface area contributed by atoms with Crippen LogP contribution in [0, 0.1) is 6.92 Å². The van der Waals surface area contributed by atoms with E-state index >= 15 is 0 Å². The first kappa shape index (κ1) is 23.4. The van der Waals surface area contributed by atoms with Crippen molar-refractivity contribution >= 4 is 32.6 Å². The van der Waals surface area contributed by atoms with E-state index in [-0.39, 0.29) is 17.9 Å². The number of carbonyl (C=O) groups excluding carboxylic acids is 1. The molecule has 1 fully saturated rings. The highest BCUT2D eigenvalue weighted by molar-refractivity contribution is 9.10. The fourth-order valence-electron chi connectivity index (χ4n) is 4.73. The maximum absolute atomic E-state index is 13.1. The number of benzene rings is 2. The number of aromatic nitrogens is 4. The van der Waals surface area contributed by atoms with Crippen molar-refractivity contribution in [3.63, 3.8) is 0 Å². The first-order valence-corrected chi connectivity index (χ1v) is 12.4. The van der Waals surface area contributed by atoms with Gasteiger partial charge in [-0.2, -0.15) is 0 Å². The van der Waals surface area contributed by atoms with Gasteiger partial charge in [0, 0.05) is 28.6 Å². The number of nitrogens with one attached hydrogen (secondary N) is 1. The molecule has 2 aromatic heterocycles. The molecule has 1 atom stereocenters. The predicted molar refractivity (Wildman–Crippen MR) is 136 cm³/mol. The van der Waals surface area contributed by atoms with E-state index in [0.29, 0.717) is 49.1 Å². The summed E-state index contributed by atoms with van der Waals surface area (Å²) in [5.74, 6) is -0.0747. The minimum atomic E-state index is -1.16. The molecule has 4 aromatic rings. The van der Waals surface area contributed by atoms with Crippen molar-refractivity contribution in [2.24, 2.45) is 0 Å². The van der Waals surface area contributed by atoms with E-state index in [1.165, 1.54) is 0 Å². The van der Waals surface area contributed by atoms with Crippen LogP contribution >= 0.6 is 15.9 Å². The van der Waals surface area contributed by atoms with Crippen molar-refractivity contribution in [1.29, 1.82) is 0 Å². The van der Waals surface area contributed by atoms with Crippen molar-refractivity contribution in [1.82, 2.24) is 24.9 Å². The lowest BCUT2D eigenvalue weighted by Crippen LogP contribution is -2.35. The largest absolute Gasteiger partial charge is 0.383 e. The van der Waals surface area contributed by atoms with Gasteiger partial charge in [-0.3, -0.25) is 9.59 Å². The number of pyridine rings is 1. The van der Waals surface area contributed by atoms with Gasteiger partial charge in [-0.15, -0.1) is 5.10 Å². The molecule has 2 aromatic carbocycles. The van der Waals surface area contributed by atoms with Crippen molar-refractivity contribution in [2.75, 3.05) is 13.1 Å². The Balaban J connectivity index is 1.29. The summed E-state index contributed by atoms with van der Waals surface area (Å²) in [6.07, 6.45) is 3.37. The average Bonchev–Trinajstić information content (AvgIpc) is 3.23. The number of aliphatic hydroxyl groups is 1. The van der Waals surface area contributed by atoms with Gasteiger partial charge >= 0.3 is 0 Å². The molecule has 0 saturated carbocycles. The standard InChI is InChI=1S/C26H26BrN5O3/c1-17-13-19(27)7-8-22(17)32-16-23(29-30-32)26(35)9-4-11-31(12-10-26)24(33)15-20-14-18-5-2-3-6-21(18)25(34)28-20/h2-3,5-8,13-14,16,35H,4,9-12,15H2,1H3,(H,28,34). The summed E-state index contributed by atoms with van der Waals surface area (Å²) in [4.78, 5) is 30.0. The first-order chi connectivity index (χ1) is 16.8. The lowest BCUT2D eigenvalue weighted by atomic mass is 9.92. The SMILES string of the molecule is Cc1cc(Br)ccc1-n1cc(C2(O)CCCN(C(=O)Cc3cc4ccccc4c(=O)[nH]3)CC2)nn1. The van der Waals surface area contributed by atoms with Crippen LogP contribution in [0.2, 0.25) is 0 Å². The van der Waals surface area contributed by atoms with E-state index in [0.717, 1.165) is 21.1 Å². The minimum absolute atomic E-state index is 0.0747. The second-order valence-electron chi connectivity index (χ2n) is 9.13. The van der Waals surface area contributed by atoms with Crippen LogP contribution in [0.25, 0.3) is 16.5 Å². The molecule has 1 aliphatic heterocycles. The quantitative estimate of drug-likeness (QED) is 0.415. The Labute approximate surface area is 210 Å². The van der Waals surface area contributed by atoms with Crippen LogP contribution in [0.15, 0.2) is 64.0 Å². The molecule has 5 rings (SSSR count). The lowest BCUT2D eigenvalue weighted by Gasteiger charge is -2.24. The average molecular weight is 536 g/mol. The lowest BCUT2D eigenvalue weighted by molar-refractivity contribution is -0.130. The molecule has 0 radical (unpaired) electrons. The molecule has 1 aliphatic rings. The fraction of sp³-hybridized carbons (Fsp3) is 0.308. The summed E-state index contributed by atoms with van der Waals surface area (Å²) in [5.41, 5.74) is 1.67. The molecule has 0 bridgehead atoms. The zero-order chi connectivity index (χ0) is 24.6. The molecule has 0 spiro atoms. The molecule has 3 heterocycles. The number of amides is 1. The van der Waals surface area contributed by atoms with Crippen LogP contribution in [0.1, 0.15) is 36.2 Å². The maximum Gasteiger partial charge on any atom is 0.256 e. The number of fused-ring (bicyclic) bond motifs is 1. The Hall–Kier alpha value is -3.30. The maximum atomic E-state index is 13.1. The monoisotopic (exact) mass is 535 g/mol. The van der Waals surface area contributed by atoms with E-state index in [2.05, 4.69) is 31.2 Å². The molecule has 2 N–H and O–H groups in total. The molecule has 9 heteroatoms. The molecular weight excluding hydrogens is 510 g/mol. The summed E-state index contributed by atoms with van der Waals surface area (Å²) < 4.78 is 2.66. The Morgan fingerprint density at radius 1 is 1.17 bits per heavy atom. The summed E-state index contributed by atoms with van der Waals surface area (Å²) in [6, 6.07) is 15.1. The third-order valence-electron chi connectivity index (χ3n) is 6.69. The smallest absolute Gasteiger partial charge is 0.256 e. The second-order valence-corrected chi connectivity index (χ2v) is 10.0. The third kappa shape index (κ3) is 4.78. The molecule has 8 nitrogen and oxygen atoms in total. The highest BCUT2D eigenvalue weighted by Crippen LogP contribution is 2.32. The Morgan fingerprint density at radius 2 is 2.00 bits per heavy atom. The van der Waals surface area contributed by atoms with Crippen LogP contribution in [0.3, 0.4) is 0 Å². The Morgan fingerprint density at radius 3 is 2.83 bits per heavy atom. The number of H-pyrrole nitrogens is 1. The summed E-state index contributed by atoms with van der Waals surface area (Å²) in [6.45, 7) is 2.93. The zero-order valence-electron chi connectivity index (χ0n) is 19.4. The van der Waals surface area contributed by atoms with E-state index in [1.54, 1.807) is 21.8 Å². The normalized spacial score (nSPS) is 18.5. The molecule has 1 amide bonds. The number of hydrogen-bond donors (Lipinski definition) is 2. The number of aromatic amines is 1. The molecule has 180 valence electrons. The Bertz CT molecular complexity index is 1460. The minimum Gasteiger partial charge on any atom is -0.383 e. The van der Waals surface area contributed by atoms with Crippen LogP contribution in [0.5, 0.6) is 0 Å². The zero-order valence-corrected chi connectivity index (χ0v) is 21.0. The van der Waals surface area contributed by atoms with Gasteiger partial charge in [0.25, 0.3) is 5.56 Å². The van der Waals surface area contributed by atoms with Gasteiger partial charge in [0.2, 0.25) is 5.91 Å². The van der Waals surface area contributed by atoms with Gasteiger partial charge in [0.05, 0.1) is 18.3 Å². The van der Waals surface area contributed by atoms with Crippen LogP contribution in [-0.4, -0.2) is 49.0 Å². The highest BCUT2D eigenvalue weighted by Gasteiger charge is 2.36. The van der Waals surface area contributed by atoms with Crippen molar-refractivity contribution in [3.8, 4) is 5.69 Å². The van der Waals surface area contributed by atoms with Gasteiger partial charge in [-0.05, 0) is 67.5 Å². The fourth-order valence-corrected chi connectivity index (χ4v) is 5.21. The summed E-state index contributed by atoms with van der Waals surface area (Å²) in [5, 5.41) is 21.4.